The lowest BCUT2D eigenvalue weighted by atomic mass is 10.2. The molecule has 0 spiro atoms. The Bertz CT molecular complexity index is 270. The Kier molecular flexibility index (Phi) is 3.72. The van der Waals surface area contributed by atoms with Gasteiger partial charge in [0.05, 0.1) is 0 Å². The van der Waals surface area contributed by atoms with Gasteiger partial charge in [-0.05, 0) is 13.3 Å². The van der Waals surface area contributed by atoms with Crippen molar-refractivity contribution in [2.45, 2.75) is 31.4 Å². The first-order chi connectivity index (χ1) is 5.31. The highest BCUT2D eigenvalue weighted by atomic mass is 35.5. The lowest BCUT2D eigenvalue weighted by molar-refractivity contribution is -0.117. The van der Waals surface area contributed by atoms with Crippen LogP contribution in [0.5, 0.6) is 0 Å². The minimum Gasteiger partial charge on any atom is -0.297 e. The van der Waals surface area contributed by atoms with Crippen molar-refractivity contribution < 1.29 is 13.2 Å². The normalized spacial score (nSPS) is 17.0. The molecule has 12 heavy (non-hydrogen) atoms. The Morgan fingerprint density at radius 3 is 1.92 bits per heavy atom. The van der Waals surface area contributed by atoms with Crippen LogP contribution in [0, 0.1) is 0 Å². The lowest BCUT2D eigenvalue weighted by Gasteiger charge is -2.21. The zero-order valence-corrected chi connectivity index (χ0v) is 9.00. The zero-order valence-electron chi connectivity index (χ0n) is 7.43. The smallest absolute Gasteiger partial charge is 0.202 e. The van der Waals surface area contributed by atoms with Gasteiger partial charge in [0.1, 0.15) is 0 Å². The van der Waals surface area contributed by atoms with Crippen molar-refractivity contribution in [2.75, 3.05) is 5.75 Å². The van der Waals surface area contributed by atoms with Crippen molar-refractivity contribution in [2.24, 2.45) is 0 Å². The first-order valence-corrected chi connectivity index (χ1v) is 5.77. The van der Waals surface area contributed by atoms with Gasteiger partial charge < -0.3 is 0 Å². The summed E-state index contributed by atoms with van der Waals surface area (Å²) in [6.07, 6.45) is 0.111. The second-order valence-corrected chi connectivity index (χ2v) is 5.91. The first kappa shape index (κ1) is 11.9. The topological polar surface area (TPSA) is 51.2 Å². The van der Waals surface area contributed by atoms with Gasteiger partial charge in [0.2, 0.25) is 4.21 Å². The summed E-state index contributed by atoms with van der Waals surface area (Å²) in [4.78, 5) is 11.0. The highest BCUT2D eigenvalue weighted by Gasteiger charge is 2.43. The van der Waals surface area contributed by atoms with Crippen LogP contribution >= 0.6 is 11.6 Å². The molecule has 5 heteroatoms. The number of alkyl halides is 1. The van der Waals surface area contributed by atoms with E-state index < -0.39 is 19.8 Å². The number of carbonyl (C=O) groups excluding carboxylic acids is 1. The van der Waals surface area contributed by atoms with Gasteiger partial charge in [0.25, 0.3) is 0 Å². The lowest BCUT2D eigenvalue weighted by Crippen LogP contribution is -2.40. The molecule has 0 amide bonds. The van der Waals surface area contributed by atoms with Crippen LogP contribution in [-0.2, 0) is 14.6 Å². The largest absolute Gasteiger partial charge is 0.297 e. The van der Waals surface area contributed by atoms with Crippen molar-refractivity contribution >= 4 is 27.2 Å². The van der Waals surface area contributed by atoms with Gasteiger partial charge in [-0.25, -0.2) is 8.42 Å². The number of Topliss-reactive ketones (excluding diaryl/α,β-unsaturated/α-hetero) is 1. The third kappa shape index (κ3) is 1.80. The maximum Gasteiger partial charge on any atom is 0.202 e. The average Bonchev–Trinajstić information content (AvgIpc) is 2.02. The molecule has 3 nitrogen and oxygen atoms in total. The van der Waals surface area contributed by atoms with Crippen molar-refractivity contribution in [3.8, 4) is 0 Å². The molecule has 0 aromatic rings. The van der Waals surface area contributed by atoms with Crippen LogP contribution in [0.1, 0.15) is 27.2 Å². The van der Waals surface area contributed by atoms with E-state index in [4.69, 9.17) is 11.6 Å². The monoisotopic (exact) mass is 212 g/mol. The molecular formula is C7H13ClO3S. The third-order valence-corrected chi connectivity index (χ3v) is 5.41. The van der Waals surface area contributed by atoms with Crippen LogP contribution in [-0.4, -0.2) is 24.2 Å². The molecule has 1 atom stereocenters. The zero-order chi connectivity index (χ0) is 9.99. The molecule has 1 unspecified atom stereocenters. The number of carbonyl (C=O) groups is 1. The van der Waals surface area contributed by atoms with Crippen LogP contribution in [0.3, 0.4) is 0 Å². The summed E-state index contributed by atoms with van der Waals surface area (Å²) in [7, 11) is -3.49. The quantitative estimate of drug-likeness (QED) is 0.662. The average molecular weight is 213 g/mol. The number of sulfone groups is 1. The molecule has 0 aromatic heterocycles. The molecule has 0 bridgehead atoms. The van der Waals surface area contributed by atoms with Gasteiger partial charge in [-0.15, -0.1) is 0 Å². The molecular weight excluding hydrogens is 200 g/mol. The minimum absolute atomic E-state index is 0.107. The van der Waals surface area contributed by atoms with E-state index >= 15 is 0 Å². The molecule has 0 fully saturated rings. The van der Waals surface area contributed by atoms with Gasteiger partial charge in [-0.1, -0.05) is 25.4 Å². The van der Waals surface area contributed by atoms with Crippen LogP contribution in [0.4, 0.5) is 0 Å². The molecule has 0 rings (SSSR count). The highest BCUT2D eigenvalue weighted by Crippen LogP contribution is 2.28. The van der Waals surface area contributed by atoms with E-state index in [-0.39, 0.29) is 12.2 Å². The molecule has 0 radical (unpaired) electrons. The molecule has 0 N–H and O–H groups in total. The van der Waals surface area contributed by atoms with Crippen LogP contribution in [0.2, 0.25) is 0 Å². The summed E-state index contributed by atoms with van der Waals surface area (Å²) in [5.74, 6) is -0.613. The summed E-state index contributed by atoms with van der Waals surface area (Å²) >= 11 is 5.71. The van der Waals surface area contributed by atoms with Gasteiger partial charge in [-0.2, -0.15) is 0 Å². The first-order valence-electron chi connectivity index (χ1n) is 3.74. The van der Waals surface area contributed by atoms with Crippen molar-refractivity contribution in [1.29, 1.82) is 0 Å². The molecule has 0 heterocycles. The maximum atomic E-state index is 11.3. The Morgan fingerprint density at radius 2 is 1.83 bits per heavy atom. The van der Waals surface area contributed by atoms with E-state index in [1.165, 1.54) is 13.8 Å². The van der Waals surface area contributed by atoms with Gasteiger partial charge in [0.15, 0.2) is 15.6 Å². The summed E-state index contributed by atoms with van der Waals surface area (Å²) in [6, 6.07) is 0. The third-order valence-electron chi connectivity index (χ3n) is 1.85. The minimum atomic E-state index is -3.49. The molecule has 0 saturated heterocycles. The fraction of sp³-hybridized carbons (Fsp3) is 0.857. The second kappa shape index (κ2) is 3.75. The predicted octanol–water partition coefficient (Wildman–Crippen LogP) is 1.36. The molecule has 0 aliphatic rings. The maximum absolute atomic E-state index is 11.3. The predicted molar refractivity (Wildman–Crippen MR) is 49.0 cm³/mol. The summed E-state index contributed by atoms with van der Waals surface area (Å²) in [5.41, 5.74) is 0. The summed E-state index contributed by atoms with van der Waals surface area (Å²) in [6.45, 7) is 4.26. The second-order valence-electron chi connectivity index (χ2n) is 2.54. The van der Waals surface area contributed by atoms with Crippen molar-refractivity contribution in [1.82, 2.24) is 0 Å². The summed E-state index contributed by atoms with van der Waals surface area (Å²) < 4.78 is 21.0. The number of rotatable bonds is 4. The number of ketones is 1. The Hall–Kier alpha value is -0.0900. The van der Waals surface area contributed by atoms with E-state index in [0.717, 1.165) is 0 Å². The van der Waals surface area contributed by atoms with Crippen molar-refractivity contribution in [3.63, 3.8) is 0 Å². The van der Waals surface area contributed by atoms with Crippen LogP contribution < -0.4 is 0 Å². The van der Waals surface area contributed by atoms with Gasteiger partial charge in [0, 0.05) is 5.75 Å². The number of hydrogen-bond donors (Lipinski definition) is 0. The van der Waals surface area contributed by atoms with E-state index in [2.05, 4.69) is 0 Å². The number of halogens is 1. The molecule has 0 aliphatic heterocycles. The standard InChI is InChI=1S/C7H13ClO3S/c1-4-7(8,6(3)9)12(10,11)5-2/h4-5H2,1-3H3. The summed E-state index contributed by atoms with van der Waals surface area (Å²) in [5, 5.41) is 0. The van der Waals surface area contributed by atoms with Crippen molar-refractivity contribution in [3.05, 3.63) is 0 Å². The molecule has 0 aromatic carbocycles. The van der Waals surface area contributed by atoms with E-state index in [1.807, 2.05) is 0 Å². The van der Waals surface area contributed by atoms with E-state index in [1.54, 1.807) is 6.92 Å². The highest BCUT2D eigenvalue weighted by molar-refractivity contribution is 7.95. The fourth-order valence-corrected chi connectivity index (χ4v) is 2.58. The van der Waals surface area contributed by atoms with E-state index in [0.29, 0.717) is 0 Å². The Labute approximate surface area is 78.0 Å². The molecule has 0 aliphatic carbocycles. The van der Waals surface area contributed by atoms with Crippen LogP contribution in [0.25, 0.3) is 0 Å². The Balaban J connectivity index is 5.17. The van der Waals surface area contributed by atoms with E-state index in [9.17, 15) is 13.2 Å². The molecule has 72 valence electrons. The fourth-order valence-electron chi connectivity index (χ4n) is 0.917. The van der Waals surface area contributed by atoms with Crippen LogP contribution in [0.15, 0.2) is 0 Å². The number of hydrogen-bond acceptors (Lipinski definition) is 3. The van der Waals surface area contributed by atoms with Gasteiger partial charge in [-0.3, -0.25) is 4.79 Å². The Morgan fingerprint density at radius 1 is 1.42 bits per heavy atom. The van der Waals surface area contributed by atoms with Gasteiger partial charge >= 0.3 is 0 Å². The molecule has 0 saturated carbocycles. The SMILES string of the molecule is CCC(Cl)(C(C)=O)S(=O)(=O)CC.